The number of benzene rings is 1. The first kappa shape index (κ1) is 13.7. The van der Waals surface area contributed by atoms with E-state index < -0.39 is 18.0 Å². The van der Waals surface area contributed by atoms with Gasteiger partial charge in [-0.1, -0.05) is 12.1 Å². The quantitative estimate of drug-likeness (QED) is 0.480. The van der Waals surface area contributed by atoms with Gasteiger partial charge in [-0.3, -0.25) is 0 Å². The molecule has 1 aromatic carbocycles. The van der Waals surface area contributed by atoms with Crippen molar-refractivity contribution in [3.05, 3.63) is 35.9 Å². The molecule has 100 valence electrons. The Hall–Kier alpha value is -1.75. The Morgan fingerprint density at radius 3 is 2.74 bits per heavy atom. The van der Waals surface area contributed by atoms with Gasteiger partial charge in [0.2, 0.25) is 6.10 Å². The molecule has 1 atom stereocenters. The van der Waals surface area contributed by atoms with Gasteiger partial charge in [-0.15, -0.1) is 11.8 Å². The minimum absolute atomic E-state index is 0.316. The molecule has 0 N–H and O–H groups in total. The first-order valence-electron chi connectivity index (χ1n) is 5.88. The second-order valence-electron chi connectivity index (χ2n) is 3.99. The lowest BCUT2D eigenvalue weighted by molar-refractivity contribution is -0.156. The van der Waals surface area contributed by atoms with Crippen LogP contribution >= 0.6 is 11.8 Å². The predicted octanol–water partition coefficient (Wildman–Crippen LogP) is 2.28. The van der Waals surface area contributed by atoms with Crippen LogP contribution < -0.4 is 0 Å². The maximum atomic E-state index is 11.5. The molecule has 2 rings (SSSR count). The van der Waals surface area contributed by atoms with Crippen LogP contribution in [-0.2, 0) is 19.1 Å². The van der Waals surface area contributed by atoms with Crippen molar-refractivity contribution in [3.8, 4) is 0 Å². The summed E-state index contributed by atoms with van der Waals surface area (Å²) in [6, 6.07) is 7.78. The third-order valence-electron chi connectivity index (χ3n) is 2.67. The number of carbonyl (C=O) groups excluding carboxylic acids is 2. The molecule has 1 unspecified atom stereocenters. The van der Waals surface area contributed by atoms with Crippen LogP contribution in [0.15, 0.2) is 35.2 Å². The number of cyclic esters (lactones) is 1. The van der Waals surface area contributed by atoms with Crippen LogP contribution in [0.3, 0.4) is 0 Å². The Morgan fingerprint density at radius 2 is 2.16 bits per heavy atom. The summed E-state index contributed by atoms with van der Waals surface area (Å²) >= 11 is 1.66. The number of hydrogen-bond acceptors (Lipinski definition) is 5. The lowest BCUT2D eigenvalue weighted by atomic mass is 10.2. The van der Waals surface area contributed by atoms with Crippen LogP contribution in [0.2, 0.25) is 0 Å². The average molecular weight is 278 g/mol. The smallest absolute Gasteiger partial charge is 0.347 e. The van der Waals surface area contributed by atoms with E-state index in [-0.39, 0.29) is 0 Å². The first-order valence-corrected chi connectivity index (χ1v) is 7.11. The fraction of sp³-hybridized carbons (Fsp3) is 0.286. The van der Waals surface area contributed by atoms with Crippen LogP contribution in [0.4, 0.5) is 0 Å². The van der Waals surface area contributed by atoms with E-state index in [1.165, 1.54) is 6.08 Å². The van der Waals surface area contributed by atoms with E-state index in [9.17, 15) is 9.59 Å². The molecular formula is C14H14O4S. The Bertz CT molecular complexity index is 493. The molecule has 1 fully saturated rings. The van der Waals surface area contributed by atoms with Crippen LogP contribution in [0.5, 0.6) is 0 Å². The molecule has 1 saturated heterocycles. The van der Waals surface area contributed by atoms with Crippen molar-refractivity contribution in [2.24, 2.45) is 0 Å². The highest BCUT2D eigenvalue weighted by atomic mass is 32.2. The van der Waals surface area contributed by atoms with Crippen LogP contribution in [0, 0.1) is 0 Å². The minimum Gasteiger partial charge on any atom is -0.463 e. The Kier molecular flexibility index (Phi) is 4.63. The number of hydrogen-bond donors (Lipinski definition) is 0. The summed E-state index contributed by atoms with van der Waals surface area (Å²) in [5, 5.41) is 0. The standard InChI is InChI=1S/C14H14O4S/c1-19-11-5-2-10(3-6-11)4-7-13(15)18-12-8-9-17-14(12)16/h2-7,12H,8-9H2,1H3/b7-4+. The fourth-order valence-corrected chi connectivity index (χ4v) is 2.05. The number of esters is 2. The Labute approximate surface area is 115 Å². The van der Waals surface area contributed by atoms with Crippen molar-refractivity contribution in [2.75, 3.05) is 12.9 Å². The molecule has 1 heterocycles. The van der Waals surface area contributed by atoms with Crippen LogP contribution in [0.25, 0.3) is 6.08 Å². The summed E-state index contributed by atoms with van der Waals surface area (Å²) in [7, 11) is 0. The number of thioether (sulfide) groups is 1. The molecule has 5 heteroatoms. The summed E-state index contributed by atoms with van der Waals surface area (Å²) < 4.78 is 9.70. The summed E-state index contributed by atoms with van der Waals surface area (Å²) in [6.45, 7) is 0.316. The summed E-state index contributed by atoms with van der Waals surface area (Å²) in [6.07, 6.45) is 4.66. The lowest BCUT2D eigenvalue weighted by Crippen LogP contribution is -2.21. The second-order valence-corrected chi connectivity index (χ2v) is 4.87. The highest BCUT2D eigenvalue weighted by Gasteiger charge is 2.29. The molecular weight excluding hydrogens is 264 g/mol. The van der Waals surface area contributed by atoms with Gasteiger partial charge in [0.15, 0.2) is 0 Å². The zero-order valence-electron chi connectivity index (χ0n) is 10.5. The molecule has 0 aromatic heterocycles. The second kappa shape index (κ2) is 6.43. The van der Waals surface area contributed by atoms with E-state index in [2.05, 4.69) is 0 Å². The number of ether oxygens (including phenoxy) is 2. The molecule has 0 amide bonds. The number of rotatable bonds is 4. The van der Waals surface area contributed by atoms with E-state index >= 15 is 0 Å². The molecule has 4 nitrogen and oxygen atoms in total. The molecule has 0 radical (unpaired) electrons. The lowest BCUT2D eigenvalue weighted by Gasteiger charge is -2.05. The van der Waals surface area contributed by atoms with Gasteiger partial charge in [-0.05, 0) is 30.0 Å². The summed E-state index contributed by atoms with van der Waals surface area (Å²) in [5.41, 5.74) is 0.906. The first-order chi connectivity index (χ1) is 9.19. The maximum Gasteiger partial charge on any atom is 0.347 e. The van der Waals surface area contributed by atoms with Gasteiger partial charge >= 0.3 is 11.9 Å². The van der Waals surface area contributed by atoms with Gasteiger partial charge in [0.05, 0.1) is 6.61 Å². The molecule has 0 aliphatic carbocycles. The SMILES string of the molecule is CSc1ccc(/C=C/C(=O)OC2CCOC2=O)cc1. The largest absolute Gasteiger partial charge is 0.463 e. The predicted molar refractivity (Wildman–Crippen MR) is 72.7 cm³/mol. The molecule has 1 aliphatic rings. The topological polar surface area (TPSA) is 52.6 Å². The van der Waals surface area contributed by atoms with Crippen molar-refractivity contribution in [1.82, 2.24) is 0 Å². The van der Waals surface area contributed by atoms with Crippen molar-refractivity contribution in [3.63, 3.8) is 0 Å². The molecule has 0 saturated carbocycles. The van der Waals surface area contributed by atoms with Crippen molar-refractivity contribution >= 4 is 29.8 Å². The minimum atomic E-state index is -0.754. The van der Waals surface area contributed by atoms with E-state index in [0.29, 0.717) is 13.0 Å². The van der Waals surface area contributed by atoms with Gasteiger partial charge in [-0.2, -0.15) is 0 Å². The highest BCUT2D eigenvalue weighted by molar-refractivity contribution is 7.98. The molecule has 0 bridgehead atoms. The van der Waals surface area contributed by atoms with Crippen LogP contribution in [0.1, 0.15) is 12.0 Å². The third-order valence-corrected chi connectivity index (χ3v) is 3.42. The zero-order chi connectivity index (χ0) is 13.7. The highest BCUT2D eigenvalue weighted by Crippen LogP contribution is 2.16. The Morgan fingerprint density at radius 1 is 1.42 bits per heavy atom. The van der Waals surface area contributed by atoms with Crippen molar-refractivity contribution < 1.29 is 19.1 Å². The Balaban J connectivity index is 1.90. The molecule has 0 spiro atoms. The van der Waals surface area contributed by atoms with E-state index in [1.54, 1.807) is 17.8 Å². The monoisotopic (exact) mass is 278 g/mol. The van der Waals surface area contributed by atoms with Gasteiger partial charge in [0.25, 0.3) is 0 Å². The van der Waals surface area contributed by atoms with Crippen molar-refractivity contribution in [1.29, 1.82) is 0 Å². The molecule has 1 aromatic rings. The summed E-state index contributed by atoms with van der Waals surface area (Å²) in [4.78, 5) is 23.8. The van der Waals surface area contributed by atoms with E-state index in [1.807, 2.05) is 30.5 Å². The maximum absolute atomic E-state index is 11.5. The van der Waals surface area contributed by atoms with Gasteiger partial charge in [0, 0.05) is 17.4 Å². The van der Waals surface area contributed by atoms with Gasteiger partial charge in [0.1, 0.15) is 0 Å². The normalized spacial score (nSPS) is 18.6. The third kappa shape index (κ3) is 3.86. The van der Waals surface area contributed by atoms with Crippen molar-refractivity contribution in [2.45, 2.75) is 17.4 Å². The van der Waals surface area contributed by atoms with E-state index in [4.69, 9.17) is 9.47 Å². The van der Waals surface area contributed by atoms with Gasteiger partial charge < -0.3 is 9.47 Å². The molecule has 1 aliphatic heterocycles. The van der Waals surface area contributed by atoms with Gasteiger partial charge in [-0.25, -0.2) is 9.59 Å². The van der Waals surface area contributed by atoms with Crippen LogP contribution in [-0.4, -0.2) is 30.9 Å². The number of carbonyl (C=O) groups is 2. The van der Waals surface area contributed by atoms with E-state index in [0.717, 1.165) is 10.5 Å². The average Bonchev–Trinajstić information content (AvgIpc) is 2.82. The zero-order valence-corrected chi connectivity index (χ0v) is 11.3. The molecule has 19 heavy (non-hydrogen) atoms. The summed E-state index contributed by atoms with van der Waals surface area (Å²) in [5.74, 6) is -0.996. The fourth-order valence-electron chi connectivity index (χ4n) is 1.64.